The first-order chi connectivity index (χ1) is 14.2. The average Bonchev–Trinajstić information content (AvgIpc) is 3.17. The number of phenolic OH excluding ortho intramolecular Hbond substituents is 1. The van der Waals surface area contributed by atoms with Crippen LogP contribution in [0.3, 0.4) is 0 Å². The predicted octanol–water partition coefficient (Wildman–Crippen LogP) is 4.74. The zero-order chi connectivity index (χ0) is 20.1. The molecule has 0 spiro atoms. The summed E-state index contributed by atoms with van der Waals surface area (Å²) in [6.07, 6.45) is 8.48. The van der Waals surface area contributed by atoms with Crippen LogP contribution in [-0.2, 0) is 6.42 Å². The van der Waals surface area contributed by atoms with Crippen LogP contribution in [0.25, 0.3) is 18.0 Å². The fourth-order valence-corrected chi connectivity index (χ4v) is 3.09. The highest BCUT2D eigenvalue weighted by Crippen LogP contribution is 2.27. The van der Waals surface area contributed by atoms with Gasteiger partial charge in [-0.05, 0) is 41.5 Å². The number of hydrogen-bond donors (Lipinski definition) is 1. The fraction of sp³-hybridized carbons (Fsp3) is 0.0833. The van der Waals surface area contributed by atoms with Gasteiger partial charge in [-0.25, -0.2) is 9.67 Å². The molecule has 2 heterocycles. The van der Waals surface area contributed by atoms with E-state index in [9.17, 15) is 5.11 Å². The van der Waals surface area contributed by atoms with Gasteiger partial charge in [-0.15, -0.1) is 0 Å². The molecule has 5 nitrogen and oxygen atoms in total. The summed E-state index contributed by atoms with van der Waals surface area (Å²) in [5.41, 5.74) is 4.10. The van der Waals surface area contributed by atoms with Crippen LogP contribution in [0.5, 0.6) is 11.5 Å². The van der Waals surface area contributed by atoms with Gasteiger partial charge in [-0.1, -0.05) is 48.5 Å². The van der Waals surface area contributed by atoms with Gasteiger partial charge in [0, 0.05) is 24.4 Å². The molecule has 0 aliphatic rings. The van der Waals surface area contributed by atoms with Gasteiger partial charge >= 0.3 is 0 Å². The molecule has 2 aromatic heterocycles. The molecule has 0 saturated carbocycles. The molecule has 144 valence electrons. The van der Waals surface area contributed by atoms with E-state index in [2.05, 4.69) is 17.1 Å². The highest BCUT2D eigenvalue weighted by molar-refractivity contribution is 5.71. The smallest absolute Gasteiger partial charge is 0.161 e. The molecule has 0 aliphatic carbocycles. The summed E-state index contributed by atoms with van der Waals surface area (Å²) in [6, 6.07) is 21.3. The molecule has 5 heteroatoms. The maximum Gasteiger partial charge on any atom is 0.161 e. The van der Waals surface area contributed by atoms with Crippen molar-refractivity contribution in [3.05, 3.63) is 102 Å². The molecular weight excluding hydrogens is 362 g/mol. The van der Waals surface area contributed by atoms with Crippen molar-refractivity contribution in [2.45, 2.75) is 6.42 Å². The third kappa shape index (κ3) is 4.35. The largest absolute Gasteiger partial charge is 0.504 e. The number of pyridine rings is 1. The van der Waals surface area contributed by atoms with Crippen molar-refractivity contribution in [2.24, 2.45) is 0 Å². The molecule has 29 heavy (non-hydrogen) atoms. The Bertz CT molecular complexity index is 1120. The molecule has 4 aromatic rings. The number of methoxy groups -OCH3 is 1. The highest BCUT2D eigenvalue weighted by Gasteiger charge is 2.10. The molecule has 4 rings (SSSR count). The lowest BCUT2D eigenvalue weighted by Gasteiger charge is -2.03. The summed E-state index contributed by atoms with van der Waals surface area (Å²) in [4.78, 5) is 4.39. The monoisotopic (exact) mass is 383 g/mol. The topological polar surface area (TPSA) is 60.2 Å². The van der Waals surface area contributed by atoms with E-state index >= 15 is 0 Å². The van der Waals surface area contributed by atoms with Crippen molar-refractivity contribution in [1.82, 2.24) is 14.8 Å². The van der Waals surface area contributed by atoms with Crippen LogP contribution in [-0.4, -0.2) is 27.0 Å². The van der Waals surface area contributed by atoms with Crippen molar-refractivity contribution in [3.8, 4) is 17.3 Å². The van der Waals surface area contributed by atoms with Crippen molar-refractivity contribution in [3.63, 3.8) is 0 Å². The van der Waals surface area contributed by atoms with Gasteiger partial charge in [0.05, 0.1) is 12.8 Å². The van der Waals surface area contributed by atoms with Gasteiger partial charge in [-0.3, -0.25) is 0 Å². The Morgan fingerprint density at radius 3 is 2.59 bits per heavy atom. The molecule has 0 saturated heterocycles. The molecule has 0 amide bonds. The van der Waals surface area contributed by atoms with E-state index in [-0.39, 0.29) is 5.75 Å². The minimum absolute atomic E-state index is 0.119. The number of phenols is 1. The molecule has 0 atom stereocenters. The summed E-state index contributed by atoms with van der Waals surface area (Å²) >= 11 is 0. The van der Waals surface area contributed by atoms with Crippen molar-refractivity contribution in [2.75, 3.05) is 7.11 Å². The Labute approximate surface area is 169 Å². The molecule has 2 aromatic carbocycles. The summed E-state index contributed by atoms with van der Waals surface area (Å²) < 4.78 is 6.99. The van der Waals surface area contributed by atoms with E-state index in [0.29, 0.717) is 5.75 Å². The number of benzene rings is 2. The molecular formula is C24H21N3O2. The summed E-state index contributed by atoms with van der Waals surface area (Å²) in [5, 5.41) is 14.5. The minimum atomic E-state index is 0.119. The van der Waals surface area contributed by atoms with Crippen molar-refractivity contribution in [1.29, 1.82) is 0 Å². The Kier molecular flexibility index (Phi) is 5.38. The number of ether oxygens (including phenoxy) is 1. The van der Waals surface area contributed by atoms with Crippen molar-refractivity contribution >= 4 is 12.2 Å². The standard InChI is InChI=1S/C24H21N3O2/c1-29-23-16-19(11-13-22(23)28)10-12-21-20(15-18-7-3-2-4-8-18)17-27(26-21)24-9-5-6-14-25-24/h2-14,16-17,28H,15H2,1H3/b12-10+. The Balaban J connectivity index is 1.69. The summed E-state index contributed by atoms with van der Waals surface area (Å²) in [7, 11) is 1.54. The third-order valence-corrected chi connectivity index (χ3v) is 4.58. The normalized spacial score (nSPS) is 11.1. The lowest BCUT2D eigenvalue weighted by molar-refractivity contribution is 0.373. The van der Waals surface area contributed by atoms with Crippen molar-refractivity contribution < 1.29 is 9.84 Å². The van der Waals surface area contributed by atoms with Crippen LogP contribution in [0.4, 0.5) is 0 Å². The highest BCUT2D eigenvalue weighted by atomic mass is 16.5. The third-order valence-electron chi connectivity index (χ3n) is 4.58. The quantitative estimate of drug-likeness (QED) is 0.522. The van der Waals surface area contributed by atoms with Gasteiger partial charge in [0.2, 0.25) is 0 Å². The van der Waals surface area contributed by atoms with E-state index in [0.717, 1.165) is 29.1 Å². The van der Waals surface area contributed by atoms with Gasteiger partial charge in [-0.2, -0.15) is 5.10 Å². The van der Waals surface area contributed by atoms with E-state index < -0.39 is 0 Å². The lowest BCUT2D eigenvalue weighted by atomic mass is 10.0. The number of hydrogen-bond acceptors (Lipinski definition) is 4. The van der Waals surface area contributed by atoms with Crippen LogP contribution in [0.15, 0.2) is 79.1 Å². The molecule has 0 radical (unpaired) electrons. The number of aromatic nitrogens is 3. The Hall–Kier alpha value is -3.86. The number of rotatable bonds is 6. The SMILES string of the molecule is COc1cc(/C=C/c2nn(-c3ccccn3)cc2Cc2ccccc2)ccc1O. The Morgan fingerprint density at radius 2 is 1.83 bits per heavy atom. The number of nitrogens with zero attached hydrogens (tertiary/aromatic N) is 3. The van der Waals surface area contributed by atoms with Crippen LogP contribution >= 0.6 is 0 Å². The first kappa shape index (κ1) is 18.5. The molecule has 0 aliphatic heterocycles. The van der Waals surface area contributed by atoms with Gasteiger partial charge in [0.15, 0.2) is 17.3 Å². The molecule has 0 bridgehead atoms. The van der Waals surface area contributed by atoms with Gasteiger partial charge < -0.3 is 9.84 Å². The second-order valence-electron chi connectivity index (χ2n) is 6.60. The predicted molar refractivity (Wildman–Crippen MR) is 114 cm³/mol. The van der Waals surface area contributed by atoms with Crippen LogP contribution in [0.2, 0.25) is 0 Å². The zero-order valence-corrected chi connectivity index (χ0v) is 16.1. The molecule has 0 fully saturated rings. The number of aromatic hydroxyl groups is 1. The second-order valence-corrected chi connectivity index (χ2v) is 6.60. The molecule has 1 N–H and O–H groups in total. The van der Waals surface area contributed by atoms with Gasteiger partial charge in [0.1, 0.15) is 0 Å². The maximum absolute atomic E-state index is 9.79. The first-order valence-electron chi connectivity index (χ1n) is 9.32. The van der Waals surface area contributed by atoms with Crippen LogP contribution in [0.1, 0.15) is 22.4 Å². The fourth-order valence-electron chi connectivity index (χ4n) is 3.09. The van der Waals surface area contributed by atoms with Crippen LogP contribution < -0.4 is 4.74 Å². The zero-order valence-electron chi connectivity index (χ0n) is 16.1. The van der Waals surface area contributed by atoms with E-state index in [1.807, 2.05) is 60.8 Å². The van der Waals surface area contributed by atoms with Gasteiger partial charge in [0.25, 0.3) is 0 Å². The maximum atomic E-state index is 9.79. The van der Waals surface area contributed by atoms with E-state index in [4.69, 9.17) is 9.84 Å². The summed E-state index contributed by atoms with van der Waals surface area (Å²) in [6.45, 7) is 0. The molecule has 0 unspecified atom stereocenters. The lowest BCUT2D eigenvalue weighted by Crippen LogP contribution is -1.96. The summed E-state index contributed by atoms with van der Waals surface area (Å²) in [5.74, 6) is 1.33. The van der Waals surface area contributed by atoms with E-state index in [1.165, 1.54) is 12.7 Å². The average molecular weight is 383 g/mol. The van der Waals surface area contributed by atoms with E-state index in [1.54, 1.807) is 23.0 Å². The first-order valence-corrected chi connectivity index (χ1v) is 9.32. The minimum Gasteiger partial charge on any atom is -0.504 e. The van der Waals surface area contributed by atoms with Crippen LogP contribution in [0, 0.1) is 0 Å². The Morgan fingerprint density at radius 1 is 1.00 bits per heavy atom. The second kappa shape index (κ2) is 8.44.